The Morgan fingerprint density at radius 2 is 0.953 bits per heavy atom. The van der Waals surface area contributed by atoms with E-state index in [1.165, 1.54) is 21.7 Å². The maximum Gasteiger partial charge on any atom is 0.160 e. The first kappa shape index (κ1) is 36.0. The monoisotopic (exact) mass is 816 g/mol. The largest absolute Gasteiger partial charge is 0.456 e. The molecular formula is C59H36N4O. The quantitative estimate of drug-likeness (QED) is 0.157. The van der Waals surface area contributed by atoms with Crippen LogP contribution in [-0.4, -0.2) is 19.5 Å². The van der Waals surface area contributed by atoms with E-state index in [1.54, 1.807) is 0 Å². The maximum absolute atomic E-state index is 6.29. The van der Waals surface area contributed by atoms with Gasteiger partial charge in [0.15, 0.2) is 5.82 Å². The lowest BCUT2D eigenvalue weighted by Crippen LogP contribution is -1.96. The van der Waals surface area contributed by atoms with Crippen LogP contribution in [0.1, 0.15) is 0 Å². The summed E-state index contributed by atoms with van der Waals surface area (Å²) in [5.74, 6) is 0.652. The average molecular weight is 817 g/mol. The number of furan rings is 1. The lowest BCUT2D eigenvalue weighted by Gasteiger charge is -2.15. The predicted molar refractivity (Wildman–Crippen MR) is 264 cm³/mol. The molecule has 5 heteroatoms. The van der Waals surface area contributed by atoms with E-state index in [0.29, 0.717) is 5.82 Å². The highest BCUT2D eigenvalue weighted by atomic mass is 16.3. The number of pyridine rings is 1. The van der Waals surface area contributed by atoms with Crippen molar-refractivity contribution in [1.29, 1.82) is 0 Å². The van der Waals surface area contributed by atoms with E-state index in [-0.39, 0.29) is 0 Å². The molecule has 0 unspecified atom stereocenters. The molecule has 4 heterocycles. The van der Waals surface area contributed by atoms with Gasteiger partial charge >= 0.3 is 0 Å². The van der Waals surface area contributed by atoms with E-state index in [0.717, 1.165) is 99.9 Å². The molecule has 0 saturated carbocycles. The molecule has 0 aliphatic carbocycles. The van der Waals surface area contributed by atoms with E-state index in [1.807, 2.05) is 36.4 Å². The minimum atomic E-state index is 0.652. The van der Waals surface area contributed by atoms with Gasteiger partial charge in [-0.2, -0.15) is 0 Å². The number of fused-ring (bicyclic) bond motifs is 9. The summed E-state index contributed by atoms with van der Waals surface area (Å²) in [6, 6.07) is 76.7. The molecule has 0 spiro atoms. The van der Waals surface area contributed by atoms with Crippen LogP contribution in [0.4, 0.5) is 0 Å². The van der Waals surface area contributed by atoms with E-state index in [9.17, 15) is 0 Å². The summed E-state index contributed by atoms with van der Waals surface area (Å²) in [4.78, 5) is 15.9. The van der Waals surface area contributed by atoms with Gasteiger partial charge in [-0.25, -0.2) is 15.0 Å². The van der Waals surface area contributed by atoms with E-state index < -0.39 is 0 Å². The Morgan fingerprint density at radius 1 is 0.328 bits per heavy atom. The molecule has 0 fully saturated rings. The van der Waals surface area contributed by atoms with Crippen LogP contribution >= 0.6 is 0 Å². The Morgan fingerprint density at radius 3 is 1.75 bits per heavy atom. The van der Waals surface area contributed by atoms with Gasteiger partial charge in [0.1, 0.15) is 11.2 Å². The topological polar surface area (TPSA) is 56.7 Å². The van der Waals surface area contributed by atoms with Crippen molar-refractivity contribution in [3.05, 3.63) is 218 Å². The van der Waals surface area contributed by atoms with Gasteiger partial charge in [-0.05, 0) is 65.5 Å². The molecule has 0 N–H and O–H groups in total. The van der Waals surface area contributed by atoms with E-state index >= 15 is 0 Å². The van der Waals surface area contributed by atoms with Crippen LogP contribution in [0.2, 0.25) is 0 Å². The van der Waals surface area contributed by atoms with Crippen molar-refractivity contribution in [1.82, 2.24) is 19.5 Å². The Balaban J connectivity index is 0.971. The Labute approximate surface area is 368 Å². The number of para-hydroxylation sites is 4. The van der Waals surface area contributed by atoms with Gasteiger partial charge in [-0.15, -0.1) is 0 Å². The number of rotatable bonds is 6. The Hall–Kier alpha value is -8.67. The second-order valence-electron chi connectivity index (χ2n) is 16.3. The zero-order valence-corrected chi connectivity index (χ0v) is 34.5. The first-order chi connectivity index (χ1) is 31.7. The Kier molecular flexibility index (Phi) is 8.15. The summed E-state index contributed by atoms with van der Waals surface area (Å²) >= 11 is 0. The zero-order chi connectivity index (χ0) is 42.1. The molecule has 4 aromatic heterocycles. The summed E-state index contributed by atoms with van der Waals surface area (Å²) in [5, 5.41) is 8.02. The summed E-state index contributed by atoms with van der Waals surface area (Å²) in [6.45, 7) is 0. The second kappa shape index (κ2) is 14.5. The molecule has 5 nitrogen and oxygen atoms in total. The third-order valence-corrected chi connectivity index (χ3v) is 12.6. The van der Waals surface area contributed by atoms with Crippen molar-refractivity contribution in [3.63, 3.8) is 0 Å². The molecule has 298 valence electrons. The van der Waals surface area contributed by atoms with Gasteiger partial charge < -0.3 is 8.98 Å². The van der Waals surface area contributed by atoms with Crippen LogP contribution in [0, 0.1) is 0 Å². The lowest BCUT2D eigenvalue weighted by molar-refractivity contribution is 0.669. The smallest absolute Gasteiger partial charge is 0.160 e. The van der Waals surface area contributed by atoms with Crippen LogP contribution in [0.15, 0.2) is 223 Å². The van der Waals surface area contributed by atoms with E-state index in [4.69, 9.17) is 19.4 Å². The highest BCUT2D eigenvalue weighted by Crippen LogP contribution is 2.42. The molecule has 0 bridgehead atoms. The molecule has 0 aliphatic heterocycles. The van der Waals surface area contributed by atoms with Crippen LogP contribution < -0.4 is 0 Å². The molecule has 0 atom stereocenters. The van der Waals surface area contributed by atoms with Crippen molar-refractivity contribution in [2.24, 2.45) is 0 Å². The van der Waals surface area contributed by atoms with E-state index in [2.05, 4.69) is 187 Å². The molecule has 0 saturated heterocycles. The minimum Gasteiger partial charge on any atom is -0.456 e. The predicted octanol–water partition coefficient (Wildman–Crippen LogP) is 15.5. The molecule has 0 amide bonds. The van der Waals surface area contributed by atoms with Crippen LogP contribution in [-0.2, 0) is 0 Å². The van der Waals surface area contributed by atoms with Crippen LogP contribution in [0.5, 0.6) is 0 Å². The standard InChI is InChI=1S/C59H36N4O/c1-4-15-38(16-5-1)51-36-52(41-31-32-46-45-22-11-13-26-55(45)64-56(46)33-41)61-59(60-51)40-29-27-37(28-30-40)43-23-14-24-47-48-34-49-44-21-10-12-25-53(44)63(42-19-8-3-9-20-42)54(49)35-50(48)57(62-58(43)47)39-17-6-2-7-18-39/h1-36H. The third kappa shape index (κ3) is 5.83. The highest BCUT2D eigenvalue weighted by Gasteiger charge is 2.20. The summed E-state index contributed by atoms with van der Waals surface area (Å²) in [7, 11) is 0. The van der Waals surface area contributed by atoms with Gasteiger partial charge in [-0.1, -0.05) is 164 Å². The fourth-order valence-electron chi connectivity index (χ4n) is 9.56. The highest BCUT2D eigenvalue weighted by molar-refractivity contribution is 6.21. The fourth-order valence-corrected chi connectivity index (χ4v) is 9.56. The molecule has 0 radical (unpaired) electrons. The SMILES string of the molecule is c1ccc(-c2cc(-c3ccc4c(c3)oc3ccccc34)nc(-c3ccc(-c4cccc5c4nc(-c4ccccc4)c4cc6c(cc45)c4ccccc4n6-c4ccccc4)cc3)n2)cc1. The van der Waals surface area contributed by atoms with Crippen molar-refractivity contribution in [3.8, 4) is 62.0 Å². The number of nitrogens with zero attached hydrogens (tertiary/aromatic N) is 4. The minimum absolute atomic E-state index is 0.652. The van der Waals surface area contributed by atoms with Crippen LogP contribution in [0.3, 0.4) is 0 Å². The molecule has 9 aromatic carbocycles. The number of aromatic nitrogens is 4. The normalized spacial score (nSPS) is 11.8. The fraction of sp³-hybridized carbons (Fsp3) is 0. The van der Waals surface area contributed by atoms with Gasteiger partial charge in [-0.3, -0.25) is 0 Å². The van der Waals surface area contributed by atoms with Crippen molar-refractivity contribution in [2.45, 2.75) is 0 Å². The zero-order valence-electron chi connectivity index (χ0n) is 34.5. The van der Waals surface area contributed by atoms with Crippen molar-refractivity contribution >= 4 is 65.4 Å². The van der Waals surface area contributed by atoms with Gasteiger partial charge in [0, 0.05) is 65.8 Å². The maximum atomic E-state index is 6.29. The van der Waals surface area contributed by atoms with Crippen LogP contribution in [0.25, 0.3) is 127 Å². The summed E-state index contributed by atoms with van der Waals surface area (Å²) < 4.78 is 8.67. The van der Waals surface area contributed by atoms with Crippen molar-refractivity contribution in [2.75, 3.05) is 0 Å². The molecule has 64 heavy (non-hydrogen) atoms. The lowest BCUT2D eigenvalue weighted by atomic mass is 9.94. The number of hydrogen-bond acceptors (Lipinski definition) is 4. The third-order valence-electron chi connectivity index (χ3n) is 12.6. The first-order valence-electron chi connectivity index (χ1n) is 21.6. The second-order valence-corrected chi connectivity index (χ2v) is 16.3. The first-order valence-corrected chi connectivity index (χ1v) is 21.6. The number of benzene rings is 9. The van der Waals surface area contributed by atoms with Gasteiger partial charge in [0.2, 0.25) is 0 Å². The molecule has 13 rings (SSSR count). The summed E-state index contributed by atoms with van der Waals surface area (Å²) in [6.07, 6.45) is 0. The van der Waals surface area contributed by atoms with Crippen molar-refractivity contribution < 1.29 is 4.42 Å². The molecule has 13 aromatic rings. The average Bonchev–Trinajstić information content (AvgIpc) is 3.91. The summed E-state index contributed by atoms with van der Waals surface area (Å²) in [5.41, 5.74) is 14.9. The Bertz CT molecular complexity index is 3930. The van der Waals surface area contributed by atoms with Gasteiger partial charge in [0.25, 0.3) is 0 Å². The van der Waals surface area contributed by atoms with Gasteiger partial charge in [0.05, 0.1) is 33.6 Å². The molecule has 0 aliphatic rings. The molecular weight excluding hydrogens is 781 g/mol. The number of hydrogen-bond donors (Lipinski definition) is 0.